The Balaban J connectivity index is 2.39. The zero-order valence-electron chi connectivity index (χ0n) is 9.57. The van der Waals surface area contributed by atoms with Crippen LogP contribution in [0.5, 0.6) is 0 Å². The molecule has 0 amide bonds. The number of hydrogen-bond donors (Lipinski definition) is 2. The number of imidazole rings is 2. The number of carbonyl (C=O) groups is 1. The van der Waals surface area contributed by atoms with Crippen LogP contribution >= 0.6 is 15.9 Å². The molecule has 0 spiro atoms. The summed E-state index contributed by atoms with van der Waals surface area (Å²) >= 11 is 3.42. The number of aliphatic carboxylic acids is 1. The number of nitrogens with one attached hydrogen (secondary N) is 1. The molecule has 3 aromatic rings. The number of aryl methyl sites for hydroxylation is 1. The first kappa shape index (κ1) is 11.3. The van der Waals surface area contributed by atoms with Crippen molar-refractivity contribution in [1.29, 1.82) is 0 Å². The summed E-state index contributed by atoms with van der Waals surface area (Å²) < 4.78 is 2.81. The van der Waals surface area contributed by atoms with Crippen molar-refractivity contribution < 1.29 is 9.90 Å². The molecule has 5 nitrogen and oxygen atoms in total. The number of benzene rings is 1. The van der Waals surface area contributed by atoms with Crippen LogP contribution in [0.4, 0.5) is 0 Å². The molecule has 0 radical (unpaired) electrons. The Morgan fingerprint density at radius 2 is 2.33 bits per heavy atom. The van der Waals surface area contributed by atoms with Crippen molar-refractivity contribution in [2.45, 2.75) is 13.3 Å². The van der Waals surface area contributed by atoms with E-state index in [2.05, 4.69) is 25.9 Å². The summed E-state index contributed by atoms with van der Waals surface area (Å²) in [5, 5.41) is 8.98. The van der Waals surface area contributed by atoms with Gasteiger partial charge in [-0.25, -0.2) is 4.98 Å². The minimum atomic E-state index is -0.851. The number of aromatic nitrogens is 3. The van der Waals surface area contributed by atoms with E-state index in [1.54, 1.807) is 0 Å². The molecule has 0 atom stereocenters. The molecule has 0 unspecified atom stereocenters. The fourth-order valence-electron chi connectivity index (χ4n) is 2.17. The van der Waals surface area contributed by atoms with E-state index in [1.807, 2.05) is 29.5 Å². The number of nitrogens with zero attached hydrogens (tertiary/aromatic N) is 2. The summed E-state index contributed by atoms with van der Waals surface area (Å²) in [6.45, 7) is 1.86. The Bertz CT molecular complexity index is 772. The van der Waals surface area contributed by atoms with Gasteiger partial charge in [0, 0.05) is 10.2 Å². The average molecular weight is 308 g/mol. The standard InChI is InChI=1S/C12H10BrN3O2/c1-6-9(5-11(17)18)16-10-4-7(13)2-3-8(10)15-12(16)14-6/h2-4H,5H2,1H3,(H,14,15)(H,17,18). The molecular weight excluding hydrogens is 298 g/mol. The summed E-state index contributed by atoms with van der Waals surface area (Å²) in [7, 11) is 0. The van der Waals surface area contributed by atoms with Gasteiger partial charge in [0.25, 0.3) is 0 Å². The first-order valence-electron chi connectivity index (χ1n) is 5.43. The molecule has 0 aliphatic heterocycles. The molecule has 2 heterocycles. The van der Waals surface area contributed by atoms with E-state index in [-0.39, 0.29) is 6.42 Å². The molecular formula is C12H10BrN3O2. The molecule has 0 aliphatic carbocycles. The van der Waals surface area contributed by atoms with E-state index in [1.165, 1.54) is 0 Å². The monoisotopic (exact) mass is 307 g/mol. The molecule has 0 saturated carbocycles. The molecule has 0 saturated heterocycles. The molecule has 0 aliphatic rings. The number of carboxylic acid groups (broad SMARTS) is 1. The number of aromatic amines is 1. The lowest BCUT2D eigenvalue weighted by Crippen LogP contribution is -2.04. The number of carboxylic acids is 1. The van der Waals surface area contributed by atoms with Gasteiger partial charge < -0.3 is 10.1 Å². The second-order valence-electron chi connectivity index (χ2n) is 4.17. The van der Waals surface area contributed by atoms with Gasteiger partial charge in [-0.1, -0.05) is 15.9 Å². The third-order valence-electron chi connectivity index (χ3n) is 2.94. The SMILES string of the molecule is Cc1[nH]c2nc3ccc(Br)cc3n2c1CC(=O)O. The fraction of sp³-hybridized carbons (Fsp3) is 0.167. The van der Waals surface area contributed by atoms with Crippen molar-refractivity contribution in [3.8, 4) is 0 Å². The second kappa shape index (κ2) is 3.84. The minimum Gasteiger partial charge on any atom is -0.481 e. The van der Waals surface area contributed by atoms with Gasteiger partial charge in [-0.05, 0) is 25.1 Å². The number of halogens is 1. The molecule has 6 heteroatoms. The Hall–Kier alpha value is -1.82. The third-order valence-corrected chi connectivity index (χ3v) is 3.43. The van der Waals surface area contributed by atoms with Gasteiger partial charge in [0.1, 0.15) is 0 Å². The van der Waals surface area contributed by atoms with Gasteiger partial charge in [-0.15, -0.1) is 0 Å². The maximum atomic E-state index is 10.9. The predicted octanol–water partition coefficient (Wildman–Crippen LogP) is 2.51. The molecule has 2 aromatic heterocycles. The lowest BCUT2D eigenvalue weighted by atomic mass is 10.2. The van der Waals surface area contributed by atoms with Crippen LogP contribution in [0.2, 0.25) is 0 Å². The Morgan fingerprint density at radius 1 is 1.56 bits per heavy atom. The topological polar surface area (TPSA) is 70.4 Å². The summed E-state index contributed by atoms with van der Waals surface area (Å²) in [5.74, 6) is -0.173. The van der Waals surface area contributed by atoms with Crippen LogP contribution in [0.3, 0.4) is 0 Å². The quantitative estimate of drug-likeness (QED) is 0.764. The first-order valence-corrected chi connectivity index (χ1v) is 6.22. The summed E-state index contributed by atoms with van der Waals surface area (Å²) in [5.41, 5.74) is 3.32. The lowest BCUT2D eigenvalue weighted by Gasteiger charge is -1.99. The highest BCUT2D eigenvalue weighted by molar-refractivity contribution is 9.10. The van der Waals surface area contributed by atoms with Crippen molar-refractivity contribution in [1.82, 2.24) is 14.4 Å². The van der Waals surface area contributed by atoms with Gasteiger partial charge in [-0.2, -0.15) is 0 Å². The Morgan fingerprint density at radius 3 is 3.06 bits per heavy atom. The van der Waals surface area contributed by atoms with E-state index in [9.17, 15) is 4.79 Å². The van der Waals surface area contributed by atoms with Crippen molar-refractivity contribution in [2.24, 2.45) is 0 Å². The molecule has 3 rings (SSSR count). The zero-order chi connectivity index (χ0) is 12.9. The Kier molecular flexibility index (Phi) is 2.41. The van der Waals surface area contributed by atoms with Crippen molar-refractivity contribution in [2.75, 3.05) is 0 Å². The van der Waals surface area contributed by atoms with Gasteiger partial charge in [0.15, 0.2) is 0 Å². The van der Waals surface area contributed by atoms with Gasteiger partial charge in [-0.3, -0.25) is 9.20 Å². The zero-order valence-corrected chi connectivity index (χ0v) is 11.2. The van der Waals surface area contributed by atoms with Crippen LogP contribution in [-0.4, -0.2) is 25.4 Å². The minimum absolute atomic E-state index is 0.0240. The highest BCUT2D eigenvalue weighted by Crippen LogP contribution is 2.24. The van der Waals surface area contributed by atoms with Gasteiger partial charge in [0.2, 0.25) is 5.78 Å². The summed E-state index contributed by atoms with van der Waals surface area (Å²) in [6.07, 6.45) is -0.0240. The largest absolute Gasteiger partial charge is 0.481 e. The van der Waals surface area contributed by atoms with Crippen molar-refractivity contribution >= 4 is 38.7 Å². The summed E-state index contributed by atoms with van der Waals surface area (Å²) in [4.78, 5) is 18.5. The lowest BCUT2D eigenvalue weighted by molar-refractivity contribution is -0.136. The maximum Gasteiger partial charge on any atom is 0.309 e. The molecule has 0 fully saturated rings. The van der Waals surface area contributed by atoms with Crippen LogP contribution in [0.15, 0.2) is 22.7 Å². The Labute approximate surface area is 111 Å². The molecule has 2 N–H and O–H groups in total. The summed E-state index contributed by atoms with van der Waals surface area (Å²) in [6, 6.07) is 5.76. The molecule has 1 aromatic carbocycles. The first-order chi connectivity index (χ1) is 8.56. The van der Waals surface area contributed by atoms with E-state index in [0.717, 1.165) is 26.9 Å². The van der Waals surface area contributed by atoms with Crippen molar-refractivity contribution in [3.63, 3.8) is 0 Å². The predicted molar refractivity (Wildman–Crippen MR) is 70.8 cm³/mol. The normalized spacial score (nSPS) is 11.4. The van der Waals surface area contributed by atoms with Crippen LogP contribution in [0.1, 0.15) is 11.4 Å². The van der Waals surface area contributed by atoms with Crippen molar-refractivity contribution in [3.05, 3.63) is 34.1 Å². The van der Waals surface area contributed by atoms with Crippen LogP contribution < -0.4 is 0 Å². The number of hydrogen-bond acceptors (Lipinski definition) is 2. The highest BCUT2D eigenvalue weighted by atomic mass is 79.9. The highest BCUT2D eigenvalue weighted by Gasteiger charge is 2.15. The second-order valence-corrected chi connectivity index (χ2v) is 5.09. The smallest absolute Gasteiger partial charge is 0.309 e. The van der Waals surface area contributed by atoms with Crippen LogP contribution in [-0.2, 0) is 11.2 Å². The number of H-pyrrole nitrogens is 1. The van der Waals surface area contributed by atoms with E-state index < -0.39 is 5.97 Å². The van der Waals surface area contributed by atoms with Crippen LogP contribution in [0, 0.1) is 6.92 Å². The van der Waals surface area contributed by atoms with Crippen LogP contribution in [0.25, 0.3) is 16.8 Å². The number of rotatable bonds is 2. The maximum absolute atomic E-state index is 10.9. The van der Waals surface area contributed by atoms with Gasteiger partial charge >= 0.3 is 5.97 Å². The fourth-order valence-corrected chi connectivity index (χ4v) is 2.52. The van der Waals surface area contributed by atoms with E-state index >= 15 is 0 Å². The van der Waals surface area contributed by atoms with E-state index in [0.29, 0.717) is 5.78 Å². The number of fused-ring (bicyclic) bond motifs is 3. The average Bonchev–Trinajstić information content (AvgIpc) is 2.76. The molecule has 18 heavy (non-hydrogen) atoms. The third kappa shape index (κ3) is 1.60. The van der Waals surface area contributed by atoms with Gasteiger partial charge in [0.05, 0.1) is 23.1 Å². The molecule has 0 bridgehead atoms. The van der Waals surface area contributed by atoms with E-state index in [4.69, 9.17) is 5.11 Å². The molecule has 92 valence electrons.